The lowest BCUT2D eigenvalue weighted by Gasteiger charge is -2.16. The number of aliphatic hydroxyl groups is 1. The Bertz CT molecular complexity index is 251. The van der Waals surface area contributed by atoms with E-state index in [1.807, 2.05) is 0 Å². The van der Waals surface area contributed by atoms with E-state index >= 15 is 0 Å². The highest BCUT2D eigenvalue weighted by Crippen LogP contribution is 2.47. The van der Waals surface area contributed by atoms with Crippen molar-refractivity contribution in [3.8, 4) is 0 Å². The van der Waals surface area contributed by atoms with Crippen molar-refractivity contribution in [2.24, 2.45) is 5.41 Å². The molecule has 0 spiro atoms. The molecule has 1 aliphatic carbocycles. The molecule has 0 bridgehead atoms. The summed E-state index contributed by atoms with van der Waals surface area (Å²) in [5.74, 6) is 0.0475. The highest BCUT2D eigenvalue weighted by Gasteiger charge is 2.41. The first-order chi connectivity index (χ1) is 7.15. The molecule has 15 heavy (non-hydrogen) atoms. The van der Waals surface area contributed by atoms with Crippen molar-refractivity contribution in [1.82, 2.24) is 10.6 Å². The van der Waals surface area contributed by atoms with Crippen LogP contribution in [0.15, 0.2) is 0 Å². The van der Waals surface area contributed by atoms with Gasteiger partial charge in [-0.1, -0.05) is 6.92 Å². The molecule has 0 unspecified atom stereocenters. The van der Waals surface area contributed by atoms with Gasteiger partial charge in [0.2, 0.25) is 5.91 Å². The Kier molecular flexibility index (Phi) is 2.98. The summed E-state index contributed by atoms with van der Waals surface area (Å²) in [6.07, 6.45) is 3.82. The van der Waals surface area contributed by atoms with Crippen LogP contribution in [-0.2, 0) is 4.79 Å². The first-order valence-electron chi connectivity index (χ1n) is 5.84. The number of aliphatic hydroxyl groups excluding tert-OH is 1. The molecule has 4 nitrogen and oxygen atoms in total. The molecule has 2 atom stereocenters. The Balaban J connectivity index is 1.73. The minimum Gasteiger partial charge on any atom is -0.392 e. The van der Waals surface area contributed by atoms with E-state index in [9.17, 15) is 9.90 Å². The summed E-state index contributed by atoms with van der Waals surface area (Å²) in [4.78, 5) is 11.7. The average molecular weight is 212 g/mol. The summed E-state index contributed by atoms with van der Waals surface area (Å²) in [7, 11) is 0. The summed E-state index contributed by atoms with van der Waals surface area (Å²) in [6, 6.07) is -0.187. The number of hydrogen-bond donors (Lipinski definition) is 3. The van der Waals surface area contributed by atoms with Crippen LogP contribution in [0.2, 0.25) is 0 Å². The molecule has 0 aromatic heterocycles. The van der Waals surface area contributed by atoms with E-state index in [1.165, 1.54) is 12.8 Å². The Hall–Kier alpha value is -0.610. The molecule has 0 radical (unpaired) electrons. The third kappa shape index (κ3) is 2.49. The number of β-amino-alcohol motifs (C(OH)–C–C–N with tert-alkyl or cyclic N) is 1. The van der Waals surface area contributed by atoms with Crippen LogP contribution < -0.4 is 10.6 Å². The monoisotopic (exact) mass is 212 g/mol. The second-order valence-corrected chi connectivity index (χ2v) is 4.92. The van der Waals surface area contributed by atoms with Crippen LogP contribution in [0.3, 0.4) is 0 Å². The van der Waals surface area contributed by atoms with Crippen molar-refractivity contribution in [2.75, 3.05) is 13.1 Å². The topological polar surface area (TPSA) is 61.4 Å². The van der Waals surface area contributed by atoms with E-state index < -0.39 is 0 Å². The van der Waals surface area contributed by atoms with Crippen LogP contribution in [0.5, 0.6) is 0 Å². The first-order valence-corrected chi connectivity index (χ1v) is 5.84. The van der Waals surface area contributed by atoms with E-state index in [1.54, 1.807) is 0 Å². The second kappa shape index (κ2) is 4.10. The van der Waals surface area contributed by atoms with Gasteiger partial charge >= 0.3 is 0 Å². The van der Waals surface area contributed by atoms with Crippen molar-refractivity contribution < 1.29 is 9.90 Å². The average Bonchev–Trinajstić information content (AvgIpc) is 2.90. The van der Waals surface area contributed by atoms with Crippen molar-refractivity contribution >= 4 is 5.91 Å². The van der Waals surface area contributed by atoms with Gasteiger partial charge in [0.1, 0.15) is 0 Å². The van der Waals surface area contributed by atoms with E-state index in [-0.39, 0.29) is 18.1 Å². The molecular weight excluding hydrogens is 192 g/mol. The van der Waals surface area contributed by atoms with Gasteiger partial charge in [0, 0.05) is 13.1 Å². The van der Waals surface area contributed by atoms with Crippen molar-refractivity contribution in [3.63, 3.8) is 0 Å². The summed E-state index contributed by atoms with van der Waals surface area (Å²) in [5.41, 5.74) is 0.396. The number of rotatable bonds is 4. The molecule has 4 heteroatoms. The highest BCUT2D eigenvalue weighted by molar-refractivity contribution is 5.82. The summed E-state index contributed by atoms with van der Waals surface area (Å²) in [6.45, 7) is 3.52. The third-order valence-electron chi connectivity index (χ3n) is 3.77. The molecule has 2 aliphatic rings. The largest absolute Gasteiger partial charge is 0.392 e. The van der Waals surface area contributed by atoms with Gasteiger partial charge in [-0.05, 0) is 31.1 Å². The maximum Gasteiger partial charge on any atom is 0.237 e. The third-order valence-corrected chi connectivity index (χ3v) is 3.77. The predicted octanol–water partition coefficient (Wildman–Crippen LogP) is 0.0156. The van der Waals surface area contributed by atoms with Crippen LogP contribution in [0.25, 0.3) is 0 Å². The fourth-order valence-electron chi connectivity index (χ4n) is 2.15. The molecule has 1 aliphatic heterocycles. The number of amides is 1. The summed E-state index contributed by atoms with van der Waals surface area (Å²) < 4.78 is 0. The number of carbonyl (C=O) groups excluding carboxylic acids is 1. The van der Waals surface area contributed by atoms with Gasteiger partial charge in [-0.3, -0.25) is 4.79 Å². The van der Waals surface area contributed by atoms with E-state index in [2.05, 4.69) is 17.6 Å². The summed E-state index contributed by atoms with van der Waals surface area (Å²) >= 11 is 0. The second-order valence-electron chi connectivity index (χ2n) is 4.92. The zero-order valence-electron chi connectivity index (χ0n) is 9.25. The Morgan fingerprint density at radius 2 is 2.33 bits per heavy atom. The lowest BCUT2D eigenvalue weighted by molar-refractivity contribution is -0.123. The number of carbonyl (C=O) groups is 1. The SMILES string of the molecule is CCC1(CNC(=O)[C@H]2C[C@H](O)CN2)CC1. The van der Waals surface area contributed by atoms with Crippen LogP contribution in [0.4, 0.5) is 0 Å². The van der Waals surface area contributed by atoms with Gasteiger partial charge in [0.25, 0.3) is 0 Å². The maximum absolute atomic E-state index is 11.7. The Labute approximate surface area is 90.4 Å². The molecular formula is C11H20N2O2. The molecule has 0 aromatic rings. The van der Waals surface area contributed by atoms with Crippen LogP contribution in [-0.4, -0.2) is 36.2 Å². The smallest absolute Gasteiger partial charge is 0.237 e. The molecule has 3 N–H and O–H groups in total. The zero-order valence-corrected chi connectivity index (χ0v) is 9.25. The van der Waals surface area contributed by atoms with Gasteiger partial charge in [-0.2, -0.15) is 0 Å². The molecule has 86 valence electrons. The Morgan fingerprint density at radius 1 is 1.60 bits per heavy atom. The van der Waals surface area contributed by atoms with Gasteiger partial charge in [-0.25, -0.2) is 0 Å². The molecule has 1 saturated carbocycles. The standard InChI is InChI=1S/C11H20N2O2/c1-2-11(3-4-11)7-13-10(15)9-5-8(14)6-12-9/h8-9,12,14H,2-7H2,1H3,(H,13,15)/t8-,9+/m0/s1. The molecule has 1 heterocycles. The fourth-order valence-corrected chi connectivity index (χ4v) is 2.15. The van der Waals surface area contributed by atoms with Crippen molar-refractivity contribution in [2.45, 2.75) is 44.8 Å². The zero-order chi connectivity index (χ0) is 10.9. The molecule has 1 amide bonds. The van der Waals surface area contributed by atoms with E-state index in [4.69, 9.17) is 0 Å². The van der Waals surface area contributed by atoms with E-state index in [0.29, 0.717) is 18.4 Å². The molecule has 1 saturated heterocycles. The van der Waals surface area contributed by atoms with Crippen LogP contribution in [0, 0.1) is 5.41 Å². The predicted molar refractivity (Wildman–Crippen MR) is 57.4 cm³/mol. The molecule has 2 rings (SSSR count). The van der Waals surface area contributed by atoms with Gasteiger partial charge in [-0.15, -0.1) is 0 Å². The maximum atomic E-state index is 11.7. The molecule has 0 aromatic carbocycles. The van der Waals surface area contributed by atoms with E-state index in [0.717, 1.165) is 13.0 Å². The van der Waals surface area contributed by atoms with Crippen LogP contribution in [0.1, 0.15) is 32.6 Å². The molecule has 2 fully saturated rings. The number of nitrogens with one attached hydrogen (secondary N) is 2. The van der Waals surface area contributed by atoms with Crippen molar-refractivity contribution in [3.05, 3.63) is 0 Å². The van der Waals surface area contributed by atoms with Crippen LogP contribution >= 0.6 is 0 Å². The lowest BCUT2D eigenvalue weighted by Crippen LogP contribution is -2.42. The fraction of sp³-hybridized carbons (Fsp3) is 0.909. The van der Waals surface area contributed by atoms with Gasteiger partial charge in [0.05, 0.1) is 12.1 Å². The van der Waals surface area contributed by atoms with Crippen molar-refractivity contribution in [1.29, 1.82) is 0 Å². The highest BCUT2D eigenvalue weighted by atomic mass is 16.3. The lowest BCUT2D eigenvalue weighted by atomic mass is 10.0. The summed E-state index contributed by atoms with van der Waals surface area (Å²) in [5, 5.41) is 15.3. The Morgan fingerprint density at radius 3 is 2.80 bits per heavy atom. The number of hydrogen-bond acceptors (Lipinski definition) is 3. The minimum absolute atomic E-state index is 0.0475. The minimum atomic E-state index is -0.359. The van der Waals surface area contributed by atoms with Gasteiger partial charge in [0.15, 0.2) is 0 Å². The normalized spacial score (nSPS) is 32.7. The van der Waals surface area contributed by atoms with Gasteiger partial charge < -0.3 is 15.7 Å². The first kappa shape index (κ1) is 10.9. The quantitative estimate of drug-likeness (QED) is 0.615.